The number of phenolic OH excluding ortho intramolecular Hbond substituents is 1. The van der Waals surface area contributed by atoms with Gasteiger partial charge in [0.25, 0.3) is 5.91 Å². The van der Waals surface area contributed by atoms with Gasteiger partial charge in [0.05, 0.1) is 10.6 Å². The third-order valence-corrected chi connectivity index (χ3v) is 3.50. The van der Waals surface area contributed by atoms with Crippen molar-refractivity contribution >= 4 is 29.1 Å². The third kappa shape index (κ3) is 3.21. The zero-order chi connectivity index (χ0) is 14.0. The van der Waals surface area contributed by atoms with Gasteiger partial charge in [-0.3, -0.25) is 4.79 Å². The summed E-state index contributed by atoms with van der Waals surface area (Å²) < 4.78 is 0. The maximum atomic E-state index is 12.1. The highest BCUT2D eigenvalue weighted by Crippen LogP contribution is 2.30. The third-order valence-electron chi connectivity index (χ3n) is 2.98. The molecule has 0 bridgehead atoms. The molecule has 0 unspecified atom stereocenters. The summed E-state index contributed by atoms with van der Waals surface area (Å²) in [4.78, 5) is 12.1. The van der Waals surface area contributed by atoms with E-state index < -0.39 is 5.91 Å². The molecule has 1 aliphatic rings. The number of carbonyl (C=O) groups is 1. The molecule has 0 aromatic heterocycles. The molecule has 4 nitrogen and oxygen atoms in total. The van der Waals surface area contributed by atoms with Crippen LogP contribution < -0.4 is 5.32 Å². The number of rotatable bonds is 3. The van der Waals surface area contributed by atoms with Crippen LogP contribution in [0, 0.1) is 5.92 Å². The SMILES string of the molecule is O=C(N[C@@H]1C=C[C@H](CO)C1)c1c(O)cc(Cl)cc1Cl. The monoisotopic (exact) mass is 301 g/mol. The van der Waals surface area contributed by atoms with Gasteiger partial charge in [0.15, 0.2) is 0 Å². The normalized spacial score (nSPS) is 21.6. The fourth-order valence-corrected chi connectivity index (χ4v) is 2.61. The summed E-state index contributed by atoms with van der Waals surface area (Å²) in [7, 11) is 0. The number of phenols is 1. The number of halogens is 2. The van der Waals surface area contributed by atoms with Crippen molar-refractivity contribution in [2.75, 3.05) is 6.61 Å². The zero-order valence-corrected chi connectivity index (χ0v) is 11.4. The lowest BCUT2D eigenvalue weighted by Crippen LogP contribution is -2.33. The molecule has 0 saturated carbocycles. The molecule has 2 rings (SSSR count). The van der Waals surface area contributed by atoms with Crippen molar-refractivity contribution in [1.82, 2.24) is 5.32 Å². The highest BCUT2D eigenvalue weighted by Gasteiger charge is 2.23. The van der Waals surface area contributed by atoms with Crippen molar-refractivity contribution in [2.24, 2.45) is 5.92 Å². The van der Waals surface area contributed by atoms with Gasteiger partial charge in [0.2, 0.25) is 0 Å². The molecule has 0 spiro atoms. The Morgan fingerprint density at radius 3 is 2.68 bits per heavy atom. The van der Waals surface area contributed by atoms with E-state index in [1.807, 2.05) is 12.2 Å². The van der Waals surface area contributed by atoms with Gasteiger partial charge < -0.3 is 15.5 Å². The molecule has 102 valence electrons. The Morgan fingerprint density at radius 1 is 1.37 bits per heavy atom. The molecular formula is C13H13Cl2NO3. The average Bonchev–Trinajstić information content (AvgIpc) is 2.75. The Morgan fingerprint density at radius 2 is 2.11 bits per heavy atom. The number of carbonyl (C=O) groups excluding carboxylic acids is 1. The van der Waals surface area contributed by atoms with Crippen LogP contribution in [0.5, 0.6) is 5.75 Å². The molecule has 1 amide bonds. The van der Waals surface area contributed by atoms with Crippen molar-refractivity contribution in [2.45, 2.75) is 12.5 Å². The summed E-state index contributed by atoms with van der Waals surface area (Å²) in [6, 6.07) is 2.50. The van der Waals surface area contributed by atoms with E-state index in [2.05, 4.69) is 5.32 Å². The second-order valence-electron chi connectivity index (χ2n) is 4.42. The van der Waals surface area contributed by atoms with E-state index in [0.29, 0.717) is 6.42 Å². The van der Waals surface area contributed by atoms with E-state index in [0.717, 1.165) is 0 Å². The predicted octanol–water partition coefficient (Wildman–Crippen LogP) is 2.37. The van der Waals surface area contributed by atoms with E-state index >= 15 is 0 Å². The summed E-state index contributed by atoms with van der Waals surface area (Å²) in [6.07, 6.45) is 4.31. The van der Waals surface area contributed by atoms with Gasteiger partial charge >= 0.3 is 0 Å². The van der Waals surface area contributed by atoms with Crippen LogP contribution >= 0.6 is 23.2 Å². The molecule has 1 aliphatic carbocycles. The lowest BCUT2D eigenvalue weighted by atomic mass is 10.1. The Hall–Kier alpha value is -1.23. The number of hydrogen-bond donors (Lipinski definition) is 3. The fraction of sp³-hybridized carbons (Fsp3) is 0.308. The minimum absolute atomic E-state index is 0.00640. The molecule has 0 heterocycles. The maximum absolute atomic E-state index is 12.1. The summed E-state index contributed by atoms with van der Waals surface area (Å²) >= 11 is 11.6. The molecule has 0 radical (unpaired) electrons. The largest absolute Gasteiger partial charge is 0.507 e. The second kappa shape index (κ2) is 5.82. The van der Waals surface area contributed by atoms with Crippen LogP contribution in [-0.4, -0.2) is 28.8 Å². The van der Waals surface area contributed by atoms with Gasteiger partial charge in [-0.05, 0) is 18.6 Å². The van der Waals surface area contributed by atoms with Gasteiger partial charge in [-0.1, -0.05) is 35.4 Å². The minimum atomic E-state index is -0.465. The van der Waals surface area contributed by atoms with Crippen molar-refractivity contribution < 1.29 is 15.0 Å². The molecule has 1 aromatic rings. The topological polar surface area (TPSA) is 69.6 Å². The first-order chi connectivity index (χ1) is 9.01. The summed E-state index contributed by atoms with van der Waals surface area (Å²) in [5, 5.41) is 21.8. The number of amides is 1. The van der Waals surface area contributed by atoms with E-state index in [-0.39, 0.29) is 39.9 Å². The average molecular weight is 302 g/mol. The molecule has 19 heavy (non-hydrogen) atoms. The maximum Gasteiger partial charge on any atom is 0.257 e. The van der Waals surface area contributed by atoms with Crippen LogP contribution in [0.3, 0.4) is 0 Å². The lowest BCUT2D eigenvalue weighted by Gasteiger charge is -2.14. The molecule has 0 aliphatic heterocycles. The summed E-state index contributed by atoms with van der Waals surface area (Å²) in [6.45, 7) is 0.0514. The molecule has 2 atom stereocenters. The van der Waals surface area contributed by atoms with E-state index in [1.165, 1.54) is 12.1 Å². The molecular weight excluding hydrogens is 289 g/mol. The zero-order valence-electron chi connectivity index (χ0n) is 9.94. The van der Waals surface area contributed by atoms with Gasteiger partial charge in [-0.15, -0.1) is 0 Å². The molecule has 0 saturated heterocycles. The molecule has 0 fully saturated rings. The number of nitrogens with one attached hydrogen (secondary N) is 1. The van der Waals surface area contributed by atoms with Crippen molar-refractivity contribution in [3.63, 3.8) is 0 Å². The summed E-state index contributed by atoms with van der Waals surface area (Å²) in [5.41, 5.74) is 0.00640. The van der Waals surface area contributed by atoms with Gasteiger partial charge in [0, 0.05) is 23.6 Å². The Bertz CT molecular complexity index is 508. The van der Waals surface area contributed by atoms with E-state index in [4.69, 9.17) is 28.3 Å². The molecule has 6 heteroatoms. The first kappa shape index (κ1) is 14.2. The first-order valence-electron chi connectivity index (χ1n) is 5.79. The van der Waals surface area contributed by atoms with Gasteiger partial charge in [-0.25, -0.2) is 0 Å². The van der Waals surface area contributed by atoms with Crippen LogP contribution in [0.15, 0.2) is 24.3 Å². The van der Waals surface area contributed by atoms with Crippen LogP contribution in [0.2, 0.25) is 10.0 Å². The Balaban J connectivity index is 2.11. The predicted molar refractivity (Wildman–Crippen MR) is 73.7 cm³/mol. The number of aliphatic hydroxyl groups is 1. The highest BCUT2D eigenvalue weighted by molar-refractivity contribution is 6.37. The van der Waals surface area contributed by atoms with Gasteiger partial charge in [0.1, 0.15) is 5.75 Å². The Labute approximate surface area is 120 Å². The fourth-order valence-electron chi connectivity index (χ4n) is 2.04. The first-order valence-corrected chi connectivity index (χ1v) is 6.55. The Kier molecular flexibility index (Phi) is 4.34. The van der Waals surface area contributed by atoms with Crippen molar-refractivity contribution in [3.05, 3.63) is 39.9 Å². The van der Waals surface area contributed by atoms with Gasteiger partial charge in [-0.2, -0.15) is 0 Å². The highest BCUT2D eigenvalue weighted by atomic mass is 35.5. The van der Waals surface area contributed by atoms with Crippen LogP contribution in [0.4, 0.5) is 0 Å². The number of aliphatic hydroxyl groups excluding tert-OH is 1. The second-order valence-corrected chi connectivity index (χ2v) is 5.27. The van der Waals surface area contributed by atoms with Crippen LogP contribution in [-0.2, 0) is 0 Å². The van der Waals surface area contributed by atoms with Crippen molar-refractivity contribution in [3.8, 4) is 5.75 Å². The van der Waals surface area contributed by atoms with Crippen LogP contribution in [0.1, 0.15) is 16.8 Å². The number of benzene rings is 1. The lowest BCUT2D eigenvalue weighted by molar-refractivity contribution is 0.0938. The number of hydrogen-bond acceptors (Lipinski definition) is 3. The molecule has 3 N–H and O–H groups in total. The minimum Gasteiger partial charge on any atom is -0.507 e. The van der Waals surface area contributed by atoms with Crippen molar-refractivity contribution in [1.29, 1.82) is 0 Å². The van der Waals surface area contributed by atoms with Crippen LogP contribution in [0.25, 0.3) is 0 Å². The number of aromatic hydroxyl groups is 1. The summed E-state index contributed by atoms with van der Waals surface area (Å²) in [5.74, 6) is -0.664. The van der Waals surface area contributed by atoms with E-state index in [9.17, 15) is 9.90 Å². The molecule has 1 aromatic carbocycles. The standard InChI is InChI=1S/C13H13Cl2NO3/c14-8-4-10(15)12(11(18)5-8)13(19)16-9-2-1-7(3-9)6-17/h1-2,4-5,7,9,17-18H,3,6H2,(H,16,19)/t7-,9+/m0/s1. The smallest absolute Gasteiger partial charge is 0.257 e. The quantitative estimate of drug-likeness (QED) is 0.751. The van der Waals surface area contributed by atoms with E-state index in [1.54, 1.807) is 0 Å².